The Morgan fingerprint density at radius 2 is 2.25 bits per heavy atom. The quantitative estimate of drug-likeness (QED) is 0.859. The largest absolute Gasteiger partial charge is 0.383 e. The monoisotopic (exact) mass is 279 g/mol. The lowest BCUT2D eigenvalue weighted by Crippen LogP contribution is -2.36. The van der Waals surface area contributed by atoms with Gasteiger partial charge in [0.15, 0.2) is 0 Å². The first-order valence-corrected chi connectivity index (χ1v) is 7.43. The van der Waals surface area contributed by atoms with Crippen LogP contribution in [-0.2, 0) is 4.74 Å². The third-order valence-electron chi connectivity index (χ3n) is 3.93. The lowest BCUT2D eigenvalue weighted by atomic mass is 10.1. The predicted molar refractivity (Wildman–Crippen MR) is 79.0 cm³/mol. The van der Waals surface area contributed by atoms with E-state index in [4.69, 9.17) is 4.74 Å². The fraction of sp³-hybridized carbons (Fsp3) is 0.667. The molecule has 1 fully saturated rings. The topological polar surface area (TPSA) is 46.5 Å². The molecule has 1 N–H and O–H groups in total. The summed E-state index contributed by atoms with van der Waals surface area (Å²) in [4.78, 5) is 14.5. The third-order valence-corrected chi connectivity index (χ3v) is 3.93. The molecule has 0 aliphatic carbocycles. The second-order valence-electron chi connectivity index (χ2n) is 5.16. The summed E-state index contributed by atoms with van der Waals surface area (Å²) in [5, 5.41) is 3.36. The fourth-order valence-electron chi connectivity index (χ4n) is 2.75. The van der Waals surface area contributed by atoms with Gasteiger partial charge in [0.2, 0.25) is 0 Å². The van der Waals surface area contributed by atoms with Gasteiger partial charge in [-0.25, -0.2) is 0 Å². The number of rotatable bonds is 6. The van der Waals surface area contributed by atoms with Gasteiger partial charge in [0.25, 0.3) is 5.91 Å². The zero-order valence-electron chi connectivity index (χ0n) is 12.5. The van der Waals surface area contributed by atoms with Crippen LogP contribution in [-0.4, -0.2) is 55.3 Å². The van der Waals surface area contributed by atoms with E-state index < -0.39 is 0 Å². The van der Waals surface area contributed by atoms with Crippen LogP contribution in [0, 0.1) is 0 Å². The first-order chi connectivity index (χ1) is 9.77. The van der Waals surface area contributed by atoms with Crippen molar-refractivity contribution >= 4 is 5.91 Å². The normalized spacial score (nSPS) is 16.3. The van der Waals surface area contributed by atoms with E-state index in [-0.39, 0.29) is 5.91 Å². The molecule has 1 aromatic heterocycles. The lowest BCUT2D eigenvalue weighted by molar-refractivity contribution is 0.0692. The minimum Gasteiger partial charge on any atom is -0.383 e. The summed E-state index contributed by atoms with van der Waals surface area (Å²) >= 11 is 0. The van der Waals surface area contributed by atoms with Crippen LogP contribution >= 0.6 is 0 Å². The van der Waals surface area contributed by atoms with Crippen molar-refractivity contribution in [3.63, 3.8) is 0 Å². The van der Waals surface area contributed by atoms with E-state index >= 15 is 0 Å². The fourth-order valence-corrected chi connectivity index (χ4v) is 2.75. The molecule has 1 amide bonds. The van der Waals surface area contributed by atoms with Gasteiger partial charge in [0, 0.05) is 32.4 Å². The molecule has 0 atom stereocenters. The molecule has 0 saturated carbocycles. The van der Waals surface area contributed by atoms with Crippen LogP contribution < -0.4 is 5.32 Å². The second kappa shape index (κ2) is 7.45. The van der Waals surface area contributed by atoms with E-state index in [9.17, 15) is 4.79 Å². The number of likely N-dealkylation sites (N-methyl/N-ethyl adjacent to an activating group) is 1. The van der Waals surface area contributed by atoms with E-state index in [1.54, 1.807) is 7.11 Å². The van der Waals surface area contributed by atoms with Crippen LogP contribution in [0.4, 0.5) is 0 Å². The SMILES string of the molecule is CCN(CCOC)C(=O)c1cccn1C1CCNCC1. The Balaban J connectivity index is 2.11. The Morgan fingerprint density at radius 3 is 2.90 bits per heavy atom. The Bertz CT molecular complexity index is 425. The molecule has 1 aliphatic rings. The van der Waals surface area contributed by atoms with E-state index in [1.807, 2.05) is 30.2 Å². The maximum absolute atomic E-state index is 12.6. The summed E-state index contributed by atoms with van der Waals surface area (Å²) in [6.45, 7) is 5.98. The Labute approximate surface area is 120 Å². The van der Waals surface area contributed by atoms with Crippen LogP contribution in [0.5, 0.6) is 0 Å². The number of carbonyl (C=O) groups excluding carboxylic acids is 1. The van der Waals surface area contributed by atoms with Crippen molar-refractivity contribution in [1.82, 2.24) is 14.8 Å². The van der Waals surface area contributed by atoms with Crippen molar-refractivity contribution in [3.05, 3.63) is 24.0 Å². The van der Waals surface area contributed by atoms with Gasteiger partial charge in [0.05, 0.1) is 6.61 Å². The first-order valence-electron chi connectivity index (χ1n) is 7.43. The highest BCUT2D eigenvalue weighted by atomic mass is 16.5. The van der Waals surface area contributed by atoms with Crippen LogP contribution in [0.2, 0.25) is 0 Å². The Kier molecular flexibility index (Phi) is 5.61. The van der Waals surface area contributed by atoms with Crippen molar-refractivity contribution in [2.24, 2.45) is 0 Å². The van der Waals surface area contributed by atoms with Gasteiger partial charge in [-0.15, -0.1) is 0 Å². The highest BCUT2D eigenvalue weighted by molar-refractivity contribution is 5.92. The minimum absolute atomic E-state index is 0.105. The Hall–Kier alpha value is -1.33. The molecule has 0 radical (unpaired) electrons. The Morgan fingerprint density at radius 1 is 1.50 bits per heavy atom. The van der Waals surface area contributed by atoms with Gasteiger partial charge in [-0.2, -0.15) is 0 Å². The summed E-state index contributed by atoms with van der Waals surface area (Å²) in [5.74, 6) is 0.105. The highest BCUT2D eigenvalue weighted by Gasteiger charge is 2.22. The number of methoxy groups -OCH3 is 1. The smallest absolute Gasteiger partial charge is 0.270 e. The number of amides is 1. The van der Waals surface area contributed by atoms with E-state index in [2.05, 4.69) is 9.88 Å². The van der Waals surface area contributed by atoms with Crippen molar-refractivity contribution in [3.8, 4) is 0 Å². The molecule has 2 heterocycles. The summed E-state index contributed by atoms with van der Waals surface area (Å²) < 4.78 is 7.23. The molecule has 1 aliphatic heterocycles. The number of hydrogen-bond acceptors (Lipinski definition) is 3. The van der Waals surface area contributed by atoms with Crippen LogP contribution in [0.1, 0.15) is 36.3 Å². The maximum Gasteiger partial charge on any atom is 0.270 e. The molecule has 1 aromatic rings. The lowest BCUT2D eigenvalue weighted by Gasteiger charge is -2.28. The molecule has 5 heteroatoms. The van der Waals surface area contributed by atoms with Crippen LogP contribution in [0.25, 0.3) is 0 Å². The van der Waals surface area contributed by atoms with Crippen molar-refractivity contribution < 1.29 is 9.53 Å². The van der Waals surface area contributed by atoms with Gasteiger partial charge in [-0.05, 0) is 45.0 Å². The number of aromatic nitrogens is 1. The average molecular weight is 279 g/mol. The molecule has 5 nitrogen and oxygen atoms in total. The molecular weight excluding hydrogens is 254 g/mol. The van der Waals surface area contributed by atoms with Gasteiger partial charge < -0.3 is 19.5 Å². The molecular formula is C15H25N3O2. The molecule has 20 heavy (non-hydrogen) atoms. The zero-order valence-corrected chi connectivity index (χ0v) is 12.5. The number of piperidine rings is 1. The molecule has 0 unspecified atom stereocenters. The predicted octanol–water partition coefficient (Wildman–Crippen LogP) is 1.52. The highest BCUT2D eigenvalue weighted by Crippen LogP contribution is 2.22. The average Bonchev–Trinajstić information content (AvgIpc) is 2.98. The zero-order chi connectivity index (χ0) is 14.4. The molecule has 0 aromatic carbocycles. The van der Waals surface area contributed by atoms with Crippen molar-refractivity contribution in [1.29, 1.82) is 0 Å². The van der Waals surface area contributed by atoms with Gasteiger partial charge in [-0.3, -0.25) is 4.79 Å². The molecule has 0 spiro atoms. The van der Waals surface area contributed by atoms with Gasteiger partial charge >= 0.3 is 0 Å². The van der Waals surface area contributed by atoms with E-state index in [0.717, 1.165) is 31.6 Å². The molecule has 112 valence electrons. The number of ether oxygens (including phenoxy) is 1. The van der Waals surface area contributed by atoms with E-state index in [0.29, 0.717) is 25.7 Å². The third kappa shape index (κ3) is 3.41. The van der Waals surface area contributed by atoms with Gasteiger partial charge in [-0.1, -0.05) is 0 Å². The summed E-state index contributed by atoms with van der Waals surface area (Å²) in [6.07, 6.45) is 4.20. The van der Waals surface area contributed by atoms with Crippen molar-refractivity contribution in [2.45, 2.75) is 25.8 Å². The number of nitrogens with zero attached hydrogens (tertiary/aromatic N) is 2. The minimum atomic E-state index is 0.105. The van der Waals surface area contributed by atoms with Crippen molar-refractivity contribution in [2.75, 3.05) is 39.9 Å². The second-order valence-corrected chi connectivity index (χ2v) is 5.16. The molecule has 2 rings (SSSR count). The van der Waals surface area contributed by atoms with Crippen LogP contribution in [0.15, 0.2) is 18.3 Å². The molecule has 1 saturated heterocycles. The summed E-state index contributed by atoms with van der Waals surface area (Å²) in [5.41, 5.74) is 0.801. The van der Waals surface area contributed by atoms with Crippen LogP contribution in [0.3, 0.4) is 0 Å². The van der Waals surface area contributed by atoms with E-state index in [1.165, 1.54) is 0 Å². The number of hydrogen-bond donors (Lipinski definition) is 1. The standard InChI is InChI=1S/C15H25N3O2/c1-3-17(11-12-20-2)15(19)14-5-4-10-18(14)13-6-8-16-9-7-13/h4-5,10,13,16H,3,6-9,11-12H2,1-2H3. The first kappa shape index (κ1) is 15.1. The maximum atomic E-state index is 12.6. The molecule has 0 bridgehead atoms. The summed E-state index contributed by atoms with van der Waals surface area (Å²) in [7, 11) is 1.66. The summed E-state index contributed by atoms with van der Waals surface area (Å²) in [6, 6.07) is 4.34. The number of carbonyl (C=O) groups is 1. The number of nitrogens with one attached hydrogen (secondary N) is 1. The van der Waals surface area contributed by atoms with Gasteiger partial charge in [0.1, 0.15) is 5.69 Å².